The van der Waals surface area contributed by atoms with Crippen molar-refractivity contribution in [1.29, 1.82) is 5.26 Å². The molecule has 0 radical (unpaired) electrons. The fourth-order valence-corrected chi connectivity index (χ4v) is 5.16. The number of hydrogen-bond donors (Lipinski definition) is 1. The van der Waals surface area contributed by atoms with E-state index < -0.39 is 30.3 Å². The number of hydrogen-bond acceptors (Lipinski definition) is 5. The number of carbonyl (C=O) groups excluding carboxylic acids is 1. The average Bonchev–Trinajstić information content (AvgIpc) is 2.81. The van der Waals surface area contributed by atoms with Crippen molar-refractivity contribution in [3.05, 3.63) is 70.4 Å². The molecule has 2 aromatic carbocycles. The number of allylic oxidation sites excluding steroid dienone is 1. The maximum absolute atomic E-state index is 13.5. The quantitative estimate of drug-likeness (QED) is 0.399. The van der Waals surface area contributed by atoms with Crippen molar-refractivity contribution >= 4 is 40.0 Å². The summed E-state index contributed by atoms with van der Waals surface area (Å²) < 4.78 is 43.0. The maximum atomic E-state index is 13.5. The van der Waals surface area contributed by atoms with Gasteiger partial charge in [0.1, 0.15) is 11.7 Å². The Hall–Kier alpha value is -2.96. The maximum Gasteiger partial charge on any atom is 0.389 e. The number of ether oxygens (including phenoxy) is 1. The molecular weight excluding hydrogens is 499 g/mol. The lowest BCUT2D eigenvalue weighted by Gasteiger charge is -2.31. The van der Waals surface area contributed by atoms with E-state index >= 15 is 0 Å². The number of thioether (sulfide) groups is 1. The lowest BCUT2D eigenvalue weighted by atomic mass is 9.78. The Morgan fingerprint density at radius 3 is 2.57 bits per heavy atom. The molecule has 3 rings (SSSR count). The van der Waals surface area contributed by atoms with Gasteiger partial charge in [0.2, 0.25) is 0 Å². The molecule has 0 aromatic heterocycles. The highest BCUT2D eigenvalue weighted by Gasteiger charge is 2.40. The summed E-state index contributed by atoms with van der Waals surface area (Å²) in [5.41, 5.74) is 1.64. The Labute approximate surface area is 211 Å². The third-order valence-corrected chi connectivity index (χ3v) is 6.89. The Morgan fingerprint density at radius 2 is 1.91 bits per heavy atom. The molecule has 2 aromatic rings. The van der Waals surface area contributed by atoms with Gasteiger partial charge in [-0.1, -0.05) is 41.9 Å². The van der Waals surface area contributed by atoms with E-state index in [-0.39, 0.29) is 17.7 Å². The zero-order valence-electron chi connectivity index (χ0n) is 19.0. The fraction of sp³-hybridized carbons (Fsp3) is 0.320. The normalized spacial score (nSPS) is 18.0. The highest BCUT2D eigenvalue weighted by molar-refractivity contribution is 8.14. The van der Waals surface area contributed by atoms with E-state index in [1.165, 1.54) is 7.11 Å². The van der Waals surface area contributed by atoms with Crippen LogP contribution in [0.25, 0.3) is 0 Å². The van der Waals surface area contributed by atoms with Gasteiger partial charge in [-0.2, -0.15) is 18.4 Å². The van der Waals surface area contributed by atoms with Crippen LogP contribution in [0.15, 0.2) is 64.8 Å². The van der Waals surface area contributed by atoms with Gasteiger partial charge < -0.3 is 10.1 Å². The van der Waals surface area contributed by atoms with Gasteiger partial charge in [0.15, 0.2) is 0 Å². The van der Waals surface area contributed by atoms with Crippen LogP contribution in [0.5, 0.6) is 5.75 Å². The molecule has 1 amide bonds. The third kappa shape index (κ3) is 6.59. The Morgan fingerprint density at radius 1 is 1.23 bits per heavy atom. The SMILES string of the molecule is COc1ccccc1NC(=O)C1=C(C)N=C(SCCCC(F)(F)F)C(C#N)C1c1ccccc1Cl. The molecular formula is C25H23ClF3N3O2S. The number of methoxy groups -OCH3 is 1. The number of alkyl halides is 3. The van der Waals surface area contributed by atoms with E-state index in [2.05, 4.69) is 16.4 Å². The molecule has 0 aliphatic carbocycles. The molecule has 1 heterocycles. The van der Waals surface area contributed by atoms with Crippen molar-refractivity contribution in [2.75, 3.05) is 18.2 Å². The van der Waals surface area contributed by atoms with Gasteiger partial charge in [0.05, 0.1) is 23.9 Å². The number of benzene rings is 2. The molecule has 1 aliphatic heterocycles. The van der Waals surface area contributed by atoms with E-state index in [1.54, 1.807) is 55.5 Å². The predicted molar refractivity (Wildman–Crippen MR) is 133 cm³/mol. The molecule has 2 unspecified atom stereocenters. The van der Waals surface area contributed by atoms with Crippen molar-refractivity contribution in [2.24, 2.45) is 10.9 Å². The van der Waals surface area contributed by atoms with Crippen LogP contribution in [0, 0.1) is 17.2 Å². The molecule has 10 heteroatoms. The molecule has 184 valence electrons. The second kappa shape index (κ2) is 11.6. The summed E-state index contributed by atoms with van der Waals surface area (Å²) in [5.74, 6) is -1.52. The fourth-order valence-electron chi connectivity index (χ4n) is 3.84. The van der Waals surface area contributed by atoms with Crippen molar-refractivity contribution in [3.8, 4) is 11.8 Å². The van der Waals surface area contributed by atoms with Crippen molar-refractivity contribution < 1.29 is 22.7 Å². The summed E-state index contributed by atoms with van der Waals surface area (Å²) in [7, 11) is 1.49. The summed E-state index contributed by atoms with van der Waals surface area (Å²) >= 11 is 7.58. The first-order valence-electron chi connectivity index (χ1n) is 10.7. The summed E-state index contributed by atoms with van der Waals surface area (Å²) in [4.78, 5) is 18.0. The van der Waals surface area contributed by atoms with Crippen molar-refractivity contribution in [1.82, 2.24) is 0 Å². The molecule has 1 N–H and O–H groups in total. The summed E-state index contributed by atoms with van der Waals surface area (Å²) in [6.07, 6.45) is -5.27. The number of para-hydroxylation sites is 2. The molecule has 0 bridgehead atoms. The van der Waals surface area contributed by atoms with Crippen LogP contribution < -0.4 is 10.1 Å². The van der Waals surface area contributed by atoms with E-state index in [4.69, 9.17) is 16.3 Å². The van der Waals surface area contributed by atoms with E-state index in [0.717, 1.165) is 11.8 Å². The van der Waals surface area contributed by atoms with Crippen molar-refractivity contribution in [2.45, 2.75) is 31.9 Å². The Balaban J connectivity index is 2.00. The van der Waals surface area contributed by atoms with Crippen LogP contribution in [0.1, 0.15) is 31.2 Å². The smallest absolute Gasteiger partial charge is 0.389 e. The van der Waals surface area contributed by atoms with Gasteiger partial charge in [-0.25, -0.2) is 4.99 Å². The second-order valence-electron chi connectivity index (χ2n) is 7.78. The number of nitriles is 1. The van der Waals surface area contributed by atoms with E-state index in [9.17, 15) is 23.2 Å². The largest absolute Gasteiger partial charge is 0.495 e. The monoisotopic (exact) mass is 521 g/mol. The molecule has 35 heavy (non-hydrogen) atoms. The summed E-state index contributed by atoms with van der Waals surface area (Å²) in [6.45, 7) is 1.64. The Kier molecular flexibility index (Phi) is 8.87. The minimum atomic E-state index is -4.25. The lowest BCUT2D eigenvalue weighted by Crippen LogP contribution is -2.31. The van der Waals surface area contributed by atoms with Crippen LogP contribution in [0.3, 0.4) is 0 Å². The number of halogens is 4. The topological polar surface area (TPSA) is 74.5 Å². The number of carbonyl (C=O) groups is 1. The minimum absolute atomic E-state index is 0.105. The zero-order chi connectivity index (χ0) is 25.6. The van der Waals surface area contributed by atoms with Gasteiger partial charge in [0, 0.05) is 28.6 Å². The third-order valence-electron chi connectivity index (χ3n) is 5.41. The second-order valence-corrected chi connectivity index (χ2v) is 9.30. The highest BCUT2D eigenvalue weighted by atomic mass is 35.5. The molecule has 0 spiro atoms. The van der Waals surface area contributed by atoms with Gasteiger partial charge >= 0.3 is 6.18 Å². The Bertz CT molecular complexity index is 1190. The first-order valence-corrected chi connectivity index (χ1v) is 12.1. The van der Waals surface area contributed by atoms with Gasteiger partial charge in [-0.05, 0) is 42.9 Å². The summed E-state index contributed by atoms with van der Waals surface area (Å²) in [6, 6.07) is 16.0. The lowest BCUT2D eigenvalue weighted by molar-refractivity contribution is -0.134. The van der Waals surface area contributed by atoms with Gasteiger partial charge in [0.25, 0.3) is 5.91 Å². The molecule has 5 nitrogen and oxygen atoms in total. The summed E-state index contributed by atoms with van der Waals surface area (Å²) in [5, 5.41) is 13.7. The number of anilines is 1. The molecule has 1 aliphatic rings. The first-order chi connectivity index (χ1) is 16.7. The number of nitrogens with one attached hydrogen (secondary N) is 1. The van der Waals surface area contributed by atoms with Crippen LogP contribution in [-0.4, -0.2) is 30.0 Å². The van der Waals surface area contributed by atoms with Crippen LogP contribution >= 0.6 is 23.4 Å². The number of rotatable bonds is 7. The molecule has 2 atom stereocenters. The zero-order valence-corrected chi connectivity index (χ0v) is 20.6. The minimum Gasteiger partial charge on any atom is -0.495 e. The molecule has 0 saturated carbocycles. The average molecular weight is 522 g/mol. The van der Waals surface area contributed by atoms with Gasteiger partial charge in [-0.15, -0.1) is 11.8 Å². The number of nitrogens with zero attached hydrogens (tertiary/aromatic N) is 2. The van der Waals surface area contributed by atoms with Crippen LogP contribution in [-0.2, 0) is 4.79 Å². The molecule has 0 saturated heterocycles. The van der Waals surface area contributed by atoms with E-state index in [1.807, 2.05) is 0 Å². The van der Waals surface area contributed by atoms with E-state index in [0.29, 0.717) is 32.8 Å². The van der Waals surface area contributed by atoms with Crippen molar-refractivity contribution in [3.63, 3.8) is 0 Å². The predicted octanol–water partition coefficient (Wildman–Crippen LogP) is 6.97. The number of aliphatic imine (C=N–C) groups is 1. The molecule has 0 fully saturated rings. The first kappa shape index (κ1) is 26.6. The van der Waals surface area contributed by atoms with Crippen LogP contribution in [0.2, 0.25) is 5.02 Å². The number of amides is 1. The highest BCUT2D eigenvalue weighted by Crippen LogP contribution is 2.44. The van der Waals surface area contributed by atoms with Crippen LogP contribution in [0.4, 0.5) is 18.9 Å². The van der Waals surface area contributed by atoms with Gasteiger partial charge in [-0.3, -0.25) is 4.79 Å². The standard InChI is InChI=1S/C25H23ClF3N3O2S/c1-15-21(23(33)32-19-10-5-6-11-20(19)34-2)22(16-8-3-4-9-18(16)26)17(14-30)24(31-15)35-13-7-12-25(27,28)29/h3-6,8-11,17,22H,7,12-13H2,1-2H3,(H,32,33).